The van der Waals surface area contributed by atoms with E-state index in [4.69, 9.17) is 11.6 Å². The predicted molar refractivity (Wildman–Crippen MR) is 69.4 cm³/mol. The largest absolute Gasteiger partial charge is 0.393 e. The fraction of sp³-hybridized carbons (Fsp3) is 0.462. The van der Waals surface area contributed by atoms with Crippen LogP contribution in [0.15, 0.2) is 18.2 Å². The number of benzene rings is 1. The van der Waals surface area contributed by atoms with Crippen molar-refractivity contribution in [1.82, 2.24) is 4.90 Å². The Morgan fingerprint density at radius 2 is 2.18 bits per heavy atom. The van der Waals surface area contributed by atoms with Gasteiger partial charge in [-0.05, 0) is 44.0 Å². The van der Waals surface area contributed by atoms with E-state index in [1.54, 1.807) is 37.1 Å². The van der Waals surface area contributed by atoms with E-state index in [9.17, 15) is 9.90 Å². The minimum atomic E-state index is -0.391. The first kappa shape index (κ1) is 14.0. The van der Waals surface area contributed by atoms with Gasteiger partial charge in [-0.15, -0.1) is 0 Å². The Labute approximate surface area is 107 Å². The monoisotopic (exact) mass is 255 g/mol. The van der Waals surface area contributed by atoms with Gasteiger partial charge in [-0.3, -0.25) is 4.79 Å². The molecule has 17 heavy (non-hydrogen) atoms. The van der Waals surface area contributed by atoms with Gasteiger partial charge >= 0.3 is 0 Å². The van der Waals surface area contributed by atoms with Gasteiger partial charge in [-0.1, -0.05) is 11.6 Å². The van der Waals surface area contributed by atoms with Crippen LogP contribution in [-0.4, -0.2) is 35.6 Å². The van der Waals surface area contributed by atoms with Crippen LogP contribution >= 0.6 is 11.6 Å². The van der Waals surface area contributed by atoms with Gasteiger partial charge in [0.25, 0.3) is 5.91 Å². The van der Waals surface area contributed by atoms with Gasteiger partial charge in [0, 0.05) is 24.2 Å². The van der Waals surface area contributed by atoms with E-state index in [0.717, 1.165) is 5.56 Å². The number of hydrogen-bond donors (Lipinski definition) is 1. The third-order valence-corrected chi connectivity index (χ3v) is 3.06. The number of halogens is 1. The van der Waals surface area contributed by atoms with E-state index in [2.05, 4.69) is 0 Å². The van der Waals surface area contributed by atoms with Crippen LogP contribution < -0.4 is 0 Å². The summed E-state index contributed by atoms with van der Waals surface area (Å²) >= 11 is 5.91. The molecule has 0 aliphatic heterocycles. The van der Waals surface area contributed by atoms with Crippen molar-refractivity contribution in [3.05, 3.63) is 34.3 Å². The number of nitrogens with zero attached hydrogens (tertiary/aromatic N) is 1. The molecule has 0 fully saturated rings. The molecule has 0 heterocycles. The Balaban J connectivity index is 2.71. The lowest BCUT2D eigenvalue weighted by Gasteiger charge is -2.18. The summed E-state index contributed by atoms with van der Waals surface area (Å²) in [4.78, 5) is 13.6. The molecular weight excluding hydrogens is 238 g/mol. The van der Waals surface area contributed by atoms with Crippen molar-refractivity contribution in [2.75, 3.05) is 13.6 Å². The molecule has 0 saturated heterocycles. The van der Waals surface area contributed by atoms with Crippen LogP contribution in [0.4, 0.5) is 0 Å². The molecule has 94 valence electrons. The Hall–Kier alpha value is -1.06. The normalized spacial score (nSPS) is 12.3. The molecule has 1 unspecified atom stereocenters. The molecule has 0 aromatic heterocycles. The lowest BCUT2D eigenvalue weighted by Crippen LogP contribution is -2.29. The second-order valence-electron chi connectivity index (χ2n) is 4.33. The van der Waals surface area contributed by atoms with Crippen LogP contribution in [-0.2, 0) is 0 Å². The molecule has 0 aliphatic rings. The van der Waals surface area contributed by atoms with Gasteiger partial charge in [0.15, 0.2) is 0 Å². The third kappa shape index (κ3) is 4.02. The summed E-state index contributed by atoms with van der Waals surface area (Å²) in [6, 6.07) is 5.23. The Morgan fingerprint density at radius 3 is 2.71 bits per heavy atom. The maximum atomic E-state index is 12.0. The summed E-state index contributed by atoms with van der Waals surface area (Å²) in [5.74, 6) is -0.0505. The second-order valence-corrected chi connectivity index (χ2v) is 4.74. The highest BCUT2D eigenvalue weighted by Crippen LogP contribution is 2.17. The number of carbonyl (C=O) groups is 1. The first-order valence-corrected chi connectivity index (χ1v) is 5.99. The number of carbonyl (C=O) groups excluding carboxylic acids is 1. The smallest absolute Gasteiger partial charge is 0.253 e. The molecule has 0 saturated carbocycles. The maximum Gasteiger partial charge on any atom is 0.253 e. The Bertz CT molecular complexity index is 404. The van der Waals surface area contributed by atoms with Crippen LogP contribution in [0.25, 0.3) is 0 Å². The second kappa shape index (κ2) is 6.03. The highest BCUT2D eigenvalue weighted by Gasteiger charge is 2.12. The maximum absolute atomic E-state index is 12.0. The van der Waals surface area contributed by atoms with Crippen molar-refractivity contribution in [2.24, 2.45) is 0 Å². The van der Waals surface area contributed by atoms with E-state index in [1.807, 2.05) is 6.92 Å². The summed E-state index contributed by atoms with van der Waals surface area (Å²) in [6.45, 7) is 4.12. The minimum absolute atomic E-state index is 0.0505. The zero-order valence-electron chi connectivity index (χ0n) is 10.4. The number of rotatable bonds is 4. The van der Waals surface area contributed by atoms with E-state index in [0.29, 0.717) is 23.6 Å². The van der Waals surface area contributed by atoms with Crippen LogP contribution in [0.5, 0.6) is 0 Å². The fourth-order valence-electron chi connectivity index (χ4n) is 1.48. The Morgan fingerprint density at radius 1 is 1.53 bits per heavy atom. The molecule has 1 aromatic carbocycles. The van der Waals surface area contributed by atoms with Gasteiger partial charge in [0.2, 0.25) is 0 Å². The number of aliphatic hydroxyl groups excluding tert-OH is 1. The van der Waals surface area contributed by atoms with Crippen LogP contribution in [0.1, 0.15) is 29.3 Å². The fourth-order valence-corrected chi connectivity index (χ4v) is 1.60. The average molecular weight is 256 g/mol. The van der Waals surface area contributed by atoms with E-state index in [-0.39, 0.29) is 5.91 Å². The SMILES string of the molecule is Cc1cc(C(=O)N(C)CCC(C)O)ccc1Cl. The third-order valence-electron chi connectivity index (χ3n) is 2.63. The van der Waals surface area contributed by atoms with Crippen molar-refractivity contribution < 1.29 is 9.90 Å². The number of aliphatic hydroxyl groups is 1. The molecule has 4 heteroatoms. The summed E-state index contributed by atoms with van der Waals surface area (Å²) in [5.41, 5.74) is 1.52. The highest BCUT2D eigenvalue weighted by molar-refractivity contribution is 6.31. The van der Waals surface area contributed by atoms with Gasteiger partial charge in [-0.25, -0.2) is 0 Å². The van der Waals surface area contributed by atoms with Crippen LogP contribution in [0, 0.1) is 6.92 Å². The molecule has 1 amide bonds. The molecule has 1 N–H and O–H groups in total. The zero-order chi connectivity index (χ0) is 13.0. The molecule has 0 bridgehead atoms. The lowest BCUT2D eigenvalue weighted by molar-refractivity contribution is 0.0769. The van der Waals surface area contributed by atoms with E-state index < -0.39 is 6.10 Å². The zero-order valence-corrected chi connectivity index (χ0v) is 11.2. The van der Waals surface area contributed by atoms with Gasteiger partial charge in [-0.2, -0.15) is 0 Å². The molecule has 1 atom stereocenters. The van der Waals surface area contributed by atoms with Gasteiger partial charge < -0.3 is 10.0 Å². The van der Waals surface area contributed by atoms with Gasteiger partial charge in [0.05, 0.1) is 6.10 Å². The molecular formula is C13H18ClNO2. The van der Waals surface area contributed by atoms with Crippen molar-refractivity contribution in [2.45, 2.75) is 26.4 Å². The lowest BCUT2D eigenvalue weighted by atomic mass is 10.1. The number of aryl methyl sites for hydroxylation is 1. The minimum Gasteiger partial charge on any atom is -0.393 e. The topological polar surface area (TPSA) is 40.5 Å². The van der Waals surface area contributed by atoms with Crippen LogP contribution in [0.3, 0.4) is 0 Å². The van der Waals surface area contributed by atoms with Crippen LogP contribution in [0.2, 0.25) is 5.02 Å². The summed E-state index contributed by atoms with van der Waals surface area (Å²) in [7, 11) is 1.73. The quantitative estimate of drug-likeness (QED) is 0.898. The van der Waals surface area contributed by atoms with Crippen molar-refractivity contribution >= 4 is 17.5 Å². The first-order chi connectivity index (χ1) is 7.91. The molecule has 1 aromatic rings. The summed E-state index contributed by atoms with van der Waals surface area (Å²) in [5, 5.41) is 9.84. The van der Waals surface area contributed by atoms with Crippen molar-refractivity contribution in [1.29, 1.82) is 0 Å². The first-order valence-electron chi connectivity index (χ1n) is 5.61. The number of hydrogen-bond acceptors (Lipinski definition) is 2. The molecule has 3 nitrogen and oxygen atoms in total. The van der Waals surface area contributed by atoms with Crippen molar-refractivity contribution in [3.63, 3.8) is 0 Å². The molecule has 0 radical (unpaired) electrons. The van der Waals surface area contributed by atoms with E-state index >= 15 is 0 Å². The highest BCUT2D eigenvalue weighted by atomic mass is 35.5. The standard InChI is InChI=1S/C13H18ClNO2/c1-9-8-11(4-5-12(9)14)13(17)15(3)7-6-10(2)16/h4-5,8,10,16H,6-7H2,1-3H3. The van der Waals surface area contributed by atoms with Crippen molar-refractivity contribution in [3.8, 4) is 0 Å². The molecule has 0 aliphatic carbocycles. The average Bonchev–Trinajstić information content (AvgIpc) is 2.28. The van der Waals surface area contributed by atoms with Gasteiger partial charge in [0.1, 0.15) is 0 Å². The summed E-state index contributed by atoms with van der Waals surface area (Å²) < 4.78 is 0. The molecule has 0 spiro atoms. The van der Waals surface area contributed by atoms with E-state index in [1.165, 1.54) is 0 Å². The Kier molecular flexibility index (Phi) is 4.97. The molecule has 1 rings (SSSR count). The number of amides is 1. The summed E-state index contributed by atoms with van der Waals surface area (Å²) in [6.07, 6.45) is 0.187. The predicted octanol–water partition coefficient (Wildman–Crippen LogP) is 2.49.